The highest BCUT2D eigenvalue weighted by Crippen LogP contribution is 2.71. The number of aliphatic hydroxyl groups is 8. The molecule has 1 fully saturated rings. The molecule has 0 bridgehead atoms. The van der Waals surface area contributed by atoms with Crippen LogP contribution in [0, 0.1) is 21.7 Å². The van der Waals surface area contributed by atoms with E-state index in [0.29, 0.717) is 38.5 Å². The van der Waals surface area contributed by atoms with Crippen LogP contribution in [0.25, 0.3) is 0 Å². The molecule has 0 aromatic rings. The van der Waals surface area contributed by atoms with E-state index < -0.39 is 21.7 Å². The fraction of sp³-hybridized carbons (Fsp3) is 1.00. The summed E-state index contributed by atoms with van der Waals surface area (Å²) in [6, 6.07) is 0. The summed E-state index contributed by atoms with van der Waals surface area (Å²) in [4.78, 5) is 0. The van der Waals surface area contributed by atoms with Crippen molar-refractivity contribution in [2.24, 2.45) is 21.7 Å². The summed E-state index contributed by atoms with van der Waals surface area (Å²) in [7, 11) is 0. The molecule has 1 saturated carbocycles. The lowest BCUT2D eigenvalue weighted by molar-refractivity contribution is -0.220. The fourth-order valence-electron chi connectivity index (χ4n) is 11.6. The van der Waals surface area contributed by atoms with Gasteiger partial charge in [-0.25, -0.2) is 0 Å². The van der Waals surface area contributed by atoms with Crippen LogP contribution >= 0.6 is 0 Å². The normalized spacial score (nSPS) is 22.6. The Labute approximate surface area is 320 Å². The van der Waals surface area contributed by atoms with Crippen LogP contribution in [0.2, 0.25) is 0 Å². The van der Waals surface area contributed by atoms with Crippen molar-refractivity contribution in [3.05, 3.63) is 0 Å². The number of hydrogen-bond donors (Lipinski definition) is 8. The van der Waals surface area contributed by atoms with E-state index in [1.807, 2.05) is 0 Å². The van der Waals surface area contributed by atoms with Gasteiger partial charge >= 0.3 is 0 Å². The van der Waals surface area contributed by atoms with Crippen LogP contribution in [0.5, 0.6) is 0 Å². The van der Waals surface area contributed by atoms with Crippen LogP contribution in [0.1, 0.15) is 205 Å². The van der Waals surface area contributed by atoms with E-state index >= 15 is 0 Å². The number of hydrogen-bond acceptors (Lipinski definition) is 8. The molecule has 8 heteroatoms. The molecule has 0 heterocycles. The van der Waals surface area contributed by atoms with Gasteiger partial charge in [0.15, 0.2) is 0 Å². The second-order valence-corrected chi connectivity index (χ2v) is 16.8. The summed E-state index contributed by atoms with van der Waals surface area (Å²) in [6.45, 7) is -1.26. The quantitative estimate of drug-likeness (QED) is 0.0782. The van der Waals surface area contributed by atoms with E-state index in [2.05, 4.69) is 0 Å². The maximum absolute atomic E-state index is 10.9. The third-order valence-corrected chi connectivity index (χ3v) is 14.0. The molecule has 0 aliphatic heterocycles. The van der Waals surface area contributed by atoms with Gasteiger partial charge in [0.1, 0.15) is 0 Å². The molecule has 0 aromatic carbocycles. The molecule has 0 atom stereocenters. The van der Waals surface area contributed by atoms with Gasteiger partial charge in [-0.3, -0.25) is 0 Å². The summed E-state index contributed by atoms with van der Waals surface area (Å²) in [5.41, 5.74) is -3.25. The van der Waals surface area contributed by atoms with Gasteiger partial charge in [-0.05, 0) is 85.9 Å². The molecule has 8 nitrogen and oxygen atoms in total. The second-order valence-electron chi connectivity index (χ2n) is 16.8. The molecule has 8 N–H and O–H groups in total. The third-order valence-electron chi connectivity index (χ3n) is 14.0. The van der Waals surface area contributed by atoms with Gasteiger partial charge in [-0.2, -0.15) is 0 Å². The smallest absolute Gasteiger partial charge is 0.0436 e. The molecule has 52 heavy (non-hydrogen) atoms. The third kappa shape index (κ3) is 15.3. The van der Waals surface area contributed by atoms with Crippen LogP contribution in [-0.2, 0) is 0 Å². The second kappa shape index (κ2) is 30.8. The van der Waals surface area contributed by atoms with Gasteiger partial charge in [-0.15, -0.1) is 0 Å². The summed E-state index contributed by atoms with van der Waals surface area (Å²) >= 11 is 0. The van der Waals surface area contributed by atoms with Crippen LogP contribution < -0.4 is 0 Å². The highest BCUT2D eigenvalue weighted by molar-refractivity contribution is 5.14. The first-order valence-electron chi connectivity index (χ1n) is 22.3. The standard InChI is InChI=1S/C44H88O8/c45-33-25-41(26-34-46)23-21-19-17-15-13-11-9-7-5-3-1-2-4-6-8-10-12-14-16-18-20-22-24-42(27-35-47,28-36-48)44(31-39-51,32-40-52)43(41,29-37-49)30-38-50/h45-52H,1-40H2. The lowest BCUT2D eigenvalue weighted by Gasteiger charge is -2.68. The van der Waals surface area contributed by atoms with Gasteiger partial charge in [0.2, 0.25) is 0 Å². The Bertz CT molecular complexity index is 704. The van der Waals surface area contributed by atoms with Crippen LogP contribution in [-0.4, -0.2) is 93.7 Å². The molecular formula is C44H88O8. The zero-order valence-corrected chi connectivity index (χ0v) is 33.9. The van der Waals surface area contributed by atoms with Gasteiger partial charge in [0.05, 0.1) is 0 Å². The molecule has 312 valence electrons. The summed E-state index contributed by atoms with van der Waals surface area (Å²) in [5, 5.41) is 86.7. The maximum atomic E-state index is 10.9. The van der Waals surface area contributed by atoms with E-state index in [1.165, 1.54) is 103 Å². The average molecular weight is 745 g/mol. The van der Waals surface area contributed by atoms with E-state index in [1.54, 1.807) is 0 Å². The van der Waals surface area contributed by atoms with Gasteiger partial charge in [0.25, 0.3) is 0 Å². The zero-order valence-electron chi connectivity index (χ0n) is 33.9. The minimum atomic E-state index is -0.909. The van der Waals surface area contributed by atoms with Gasteiger partial charge < -0.3 is 40.9 Å². The van der Waals surface area contributed by atoms with E-state index in [0.717, 1.165) is 38.5 Å². The monoisotopic (exact) mass is 745 g/mol. The summed E-state index contributed by atoms with van der Waals surface area (Å²) < 4.78 is 0. The van der Waals surface area contributed by atoms with Crippen molar-refractivity contribution < 1.29 is 40.9 Å². The number of aliphatic hydroxyl groups excluding tert-OH is 8. The molecule has 0 amide bonds. The Morgan fingerprint density at radius 2 is 0.365 bits per heavy atom. The largest absolute Gasteiger partial charge is 0.396 e. The predicted molar refractivity (Wildman–Crippen MR) is 214 cm³/mol. The Kier molecular flexibility index (Phi) is 29.5. The fourth-order valence-corrected chi connectivity index (χ4v) is 11.6. The Hall–Kier alpha value is -0.320. The molecule has 1 aliphatic carbocycles. The average Bonchev–Trinajstić information content (AvgIpc) is 3.13. The van der Waals surface area contributed by atoms with E-state index in [-0.39, 0.29) is 78.5 Å². The summed E-state index contributed by atoms with van der Waals surface area (Å²) in [5.74, 6) is 0. The minimum absolute atomic E-state index is 0.125. The van der Waals surface area contributed by atoms with Crippen molar-refractivity contribution in [3.8, 4) is 0 Å². The van der Waals surface area contributed by atoms with Crippen molar-refractivity contribution in [2.45, 2.75) is 205 Å². The number of rotatable bonds is 16. The molecule has 0 aromatic heterocycles. The molecule has 0 radical (unpaired) electrons. The molecule has 0 unspecified atom stereocenters. The lowest BCUT2D eigenvalue weighted by Crippen LogP contribution is -2.63. The SMILES string of the molecule is OCCC1(CCO)CCCCCCCCCCCCCCCCCCCCCCCCC(CCO)(CCO)C(CCO)(CCO)C1(CCO)CCO. The van der Waals surface area contributed by atoms with Crippen molar-refractivity contribution in [2.75, 3.05) is 52.9 Å². The lowest BCUT2D eigenvalue weighted by atomic mass is 9.36. The Morgan fingerprint density at radius 3 is 0.519 bits per heavy atom. The van der Waals surface area contributed by atoms with Gasteiger partial charge in [0, 0.05) is 52.9 Å². The maximum Gasteiger partial charge on any atom is 0.0436 e. The molecule has 0 spiro atoms. The van der Waals surface area contributed by atoms with Gasteiger partial charge in [-0.1, -0.05) is 141 Å². The Balaban J connectivity index is 3.71. The van der Waals surface area contributed by atoms with Crippen LogP contribution in [0.4, 0.5) is 0 Å². The minimum Gasteiger partial charge on any atom is -0.396 e. The first-order chi connectivity index (χ1) is 25.4. The highest BCUT2D eigenvalue weighted by Gasteiger charge is 2.66. The predicted octanol–water partition coefficient (Wildman–Crippen LogP) is 8.37. The zero-order chi connectivity index (χ0) is 38.3. The van der Waals surface area contributed by atoms with Crippen LogP contribution in [0.3, 0.4) is 0 Å². The van der Waals surface area contributed by atoms with E-state index in [9.17, 15) is 40.9 Å². The van der Waals surface area contributed by atoms with Crippen molar-refractivity contribution in [1.82, 2.24) is 0 Å². The first-order valence-corrected chi connectivity index (χ1v) is 22.3. The summed E-state index contributed by atoms with van der Waals surface area (Å²) in [6.07, 6.45) is 30.8. The first kappa shape index (κ1) is 49.7. The van der Waals surface area contributed by atoms with Crippen molar-refractivity contribution >= 4 is 0 Å². The van der Waals surface area contributed by atoms with Crippen molar-refractivity contribution in [1.29, 1.82) is 0 Å². The Morgan fingerprint density at radius 1 is 0.212 bits per heavy atom. The van der Waals surface area contributed by atoms with E-state index in [4.69, 9.17) is 0 Å². The molecule has 0 saturated heterocycles. The highest BCUT2D eigenvalue weighted by atomic mass is 16.3. The molecular weight excluding hydrogens is 656 g/mol. The molecule has 1 aliphatic rings. The van der Waals surface area contributed by atoms with Crippen LogP contribution in [0.15, 0.2) is 0 Å². The topological polar surface area (TPSA) is 162 Å². The van der Waals surface area contributed by atoms with Crippen molar-refractivity contribution in [3.63, 3.8) is 0 Å². The molecule has 1 rings (SSSR count).